The summed E-state index contributed by atoms with van der Waals surface area (Å²) in [5, 5.41) is 3.15. The number of nitrogens with zero attached hydrogens (tertiary/aromatic N) is 1. The number of nitrogens with one attached hydrogen (secondary N) is 1. The molecule has 1 aliphatic heterocycles. The lowest BCUT2D eigenvalue weighted by Gasteiger charge is -2.19. The van der Waals surface area contributed by atoms with E-state index in [2.05, 4.69) is 10.2 Å². The van der Waals surface area contributed by atoms with E-state index >= 15 is 0 Å². The molecule has 1 aliphatic rings. The van der Waals surface area contributed by atoms with Crippen LogP contribution in [0.25, 0.3) is 0 Å². The predicted molar refractivity (Wildman–Crippen MR) is 101 cm³/mol. The summed E-state index contributed by atoms with van der Waals surface area (Å²) < 4.78 is 13.3. The van der Waals surface area contributed by atoms with E-state index in [0.29, 0.717) is 18.7 Å². The second kappa shape index (κ2) is 8.52. The zero-order valence-corrected chi connectivity index (χ0v) is 15.1. The number of halogens is 3. The monoisotopic (exact) mass is 383 g/mol. The lowest BCUT2D eigenvalue weighted by molar-refractivity contribution is 0.0940. The Hall–Kier alpha value is -1.82. The van der Waals surface area contributed by atoms with Crippen LogP contribution in [-0.2, 0) is 6.54 Å². The smallest absolute Gasteiger partial charge is 0.251 e. The Morgan fingerprint density at radius 2 is 2.00 bits per heavy atom. The molecule has 0 aromatic heterocycles. The molecular formula is C18H20Cl2FN3O. The molecular weight excluding hydrogens is 364 g/mol. The fourth-order valence-electron chi connectivity index (χ4n) is 2.86. The number of anilines is 1. The zero-order chi connectivity index (χ0) is 17.1. The number of hydrogen-bond donors (Lipinski definition) is 2. The first-order valence-corrected chi connectivity index (χ1v) is 8.24. The van der Waals surface area contributed by atoms with E-state index in [1.54, 1.807) is 24.3 Å². The number of nitrogens with two attached hydrogens (primary N) is 1. The Balaban J connectivity index is 0.00000225. The molecule has 1 saturated heterocycles. The van der Waals surface area contributed by atoms with Gasteiger partial charge in [0.15, 0.2) is 0 Å². The molecule has 134 valence electrons. The predicted octanol–water partition coefficient (Wildman–Crippen LogP) is 3.37. The highest BCUT2D eigenvalue weighted by Crippen LogP contribution is 2.25. The van der Waals surface area contributed by atoms with E-state index in [4.69, 9.17) is 17.3 Å². The first-order chi connectivity index (χ1) is 11.6. The average Bonchev–Trinajstić information content (AvgIpc) is 3.06. The molecule has 7 heteroatoms. The number of benzene rings is 2. The molecule has 0 saturated carbocycles. The van der Waals surface area contributed by atoms with E-state index in [0.717, 1.165) is 24.2 Å². The minimum atomic E-state index is -0.426. The molecule has 2 aromatic carbocycles. The van der Waals surface area contributed by atoms with Gasteiger partial charge in [-0.25, -0.2) is 4.39 Å². The standard InChI is InChI=1S/C18H19ClFN3O.ClH/c19-16-9-15(5-6-17(16)20)23-8-7-14(11-23)22-18(24)13-3-1-12(10-21)2-4-13;/h1-6,9,14H,7-8,10-11,21H2,(H,22,24);1H. The largest absolute Gasteiger partial charge is 0.369 e. The molecule has 3 N–H and O–H groups in total. The molecule has 0 bridgehead atoms. The van der Waals surface area contributed by atoms with Crippen LogP contribution in [0.5, 0.6) is 0 Å². The second-order valence-corrected chi connectivity index (χ2v) is 6.31. The number of rotatable bonds is 4. The Kier molecular flexibility index (Phi) is 6.64. The van der Waals surface area contributed by atoms with Crippen molar-refractivity contribution in [1.29, 1.82) is 0 Å². The molecule has 4 nitrogen and oxygen atoms in total. The molecule has 0 spiro atoms. The van der Waals surface area contributed by atoms with E-state index in [-0.39, 0.29) is 29.4 Å². The maximum absolute atomic E-state index is 13.3. The van der Waals surface area contributed by atoms with Gasteiger partial charge in [0, 0.05) is 36.9 Å². The van der Waals surface area contributed by atoms with E-state index in [1.165, 1.54) is 6.07 Å². The summed E-state index contributed by atoms with van der Waals surface area (Å²) >= 11 is 5.84. The van der Waals surface area contributed by atoms with Crippen molar-refractivity contribution in [2.24, 2.45) is 5.73 Å². The Labute approximate surface area is 157 Å². The van der Waals surface area contributed by atoms with Crippen molar-refractivity contribution < 1.29 is 9.18 Å². The van der Waals surface area contributed by atoms with Crippen molar-refractivity contribution in [3.63, 3.8) is 0 Å². The number of carbonyl (C=O) groups excluding carboxylic acids is 1. The molecule has 3 rings (SSSR count). The summed E-state index contributed by atoms with van der Waals surface area (Å²) in [6.45, 7) is 1.92. The molecule has 2 aromatic rings. The third-order valence-electron chi connectivity index (χ3n) is 4.24. The second-order valence-electron chi connectivity index (χ2n) is 5.90. The summed E-state index contributed by atoms with van der Waals surface area (Å²) in [6.07, 6.45) is 0.835. The van der Waals surface area contributed by atoms with Gasteiger partial charge in [-0.2, -0.15) is 0 Å². The number of carbonyl (C=O) groups is 1. The minimum Gasteiger partial charge on any atom is -0.369 e. The van der Waals surface area contributed by atoms with E-state index in [1.807, 2.05) is 12.1 Å². The highest BCUT2D eigenvalue weighted by molar-refractivity contribution is 6.31. The third kappa shape index (κ3) is 4.63. The molecule has 1 heterocycles. The van der Waals surface area contributed by atoms with Gasteiger partial charge in [-0.3, -0.25) is 4.79 Å². The maximum Gasteiger partial charge on any atom is 0.251 e. The van der Waals surface area contributed by atoms with Crippen LogP contribution in [0.2, 0.25) is 5.02 Å². The van der Waals surface area contributed by atoms with Gasteiger partial charge in [0.2, 0.25) is 0 Å². The molecule has 0 radical (unpaired) electrons. The van der Waals surface area contributed by atoms with Crippen molar-refractivity contribution in [3.8, 4) is 0 Å². The van der Waals surface area contributed by atoms with E-state index in [9.17, 15) is 9.18 Å². The molecule has 1 atom stereocenters. The van der Waals surface area contributed by atoms with Gasteiger partial charge < -0.3 is 16.0 Å². The Bertz CT molecular complexity index is 740. The third-order valence-corrected chi connectivity index (χ3v) is 4.53. The lowest BCUT2D eigenvalue weighted by atomic mass is 10.1. The average molecular weight is 384 g/mol. The van der Waals surface area contributed by atoms with Crippen molar-refractivity contribution >= 4 is 35.6 Å². The van der Waals surface area contributed by atoms with Crippen molar-refractivity contribution in [1.82, 2.24) is 5.32 Å². The quantitative estimate of drug-likeness (QED) is 0.850. The molecule has 25 heavy (non-hydrogen) atoms. The van der Waals surface area contributed by atoms with Gasteiger partial charge in [-0.1, -0.05) is 23.7 Å². The van der Waals surface area contributed by atoms with Crippen LogP contribution in [-0.4, -0.2) is 25.0 Å². The molecule has 1 amide bonds. The van der Waals surface area contributed by atoms with Gasteiger partial charge in [0.05, 0.1) is 5.02 Å². The Morgan fingerprint density at radius 3 is 2.64 bits per heavy atom. The maximum atomic E-state index is 13.3. The van der Waals surface area contributed by atoms with Crippen LogP contribution >= 0.6 is 24.0 Å². The summed E-state index contributed by atoms with van der Waals surface area (Å²) in [6, 6.07) is 12.0. The van der Waals surface area contributed by atoms with Crippen LogP contribution in [0.1, 0.15) is 22.3 Å². The number of hydrogen-bond acceptors (Lipinski definition) is 3. The van der Waals surface area contributed by atoms with Crippen LogP contribution < -0.4 is 16.0 Å². The van der Waals surface area contributed by atoms with Gasteiger partial charge in [0.1, 0.15) is 5.82 Å². The van der Waals surface area contributed by atoms with Crippen molar-refractivity contribution in [2.75, 3.05) is 18.0 Å². The van der Waals surface area contributed by atoms with Gasteiger partial charge in [0.25, 0.3) is 5.91 Å². The molecule has 0 aliphatic carbocycles. The van der Waals surface area contributed by atoms with Gasteiger partial charge in [-0.05, 0) is 42.3 Å². The highest BCUT2D eigenvalue weighted by atomic mass is 35.5. The molecule has 1 unspecified atom stereocenters. The fraction of sp³-hybridized carbons (Fsp3) is 0.278. The highest BCUT2D eigenvalue weighted by Gasteiger charge is 2.24. The SMILES string of the molecule is Cl.NCc1ccc(C(=O)NC2CCN(c3ccc(F)c(Cl)c3)C2)cc1. The summed E-state index contributed by atoms with van der Waals surface area (Å²) in [4.78, 5) is 14.4. The zero-order valence-electron chi connectivity index (χ0n) is 13.5. The minimum absolute atomic E-state index is 0. The topological polar surface area (TPSA) is 58.4 Å². The van der Waals surface area contributed by atoms with Gasteiger partial charge >= 0.3 is 0 Å². The first-order valence-electron chi connectivity index (χ1n) is 7.86. The van der Waals surface area contributed by atoms with Crippen molar-refractivity contribution in [3.05, 3.63) is 64.4 Å². The normalized spacial score (nSPS) is 16.4. The van der Waals surface area contributed by atoms with Crippen LogP contribution in [0, 0.1) is 5.82 Å². The Morgan fingerprint density at radius 1 is 1.28 bits per heavy atom. The molecule has 1 fully saturated rings. The van der Waals surface area contributed by atoms with Gasteiger partial charge in [-0.15, -0.1) is 12.4 Å². The summed E-state index contributed by atoms with van der Waals surface area (Å²) in [5.74, 6) is -0.520. The van der Waals surface area contributed by atoms with Crippen LogP contribution in [0.3, 0.4) is 0 Å². The summed E-state index contributed by atoms with van der Waals surface area (Å²) in [7, 11) is 0. The summed E-state index contributed by atoms with van der Waals surface area (Å²) in [5.41, 5.74) is 8.04. The first kappa shape index (κ1) is 19.5. The number of amides is 1. The lowest BCUT2D eigenvalue weighted by Crippen LogP contribution is -2.37. The van der Waals surface area contributed by atoms with E-state index < -0.39 is 5.82 Å². The van der Waals surface area contributed by atoms with Crippen LogP contribution in [0.15, 0.2) is 42.5 Å². The fourth-order valence-corrected chi connectivity index (χ4v) is 3.03. The van der Waals surface area contributed by atoms with Crippen LogP contribution in [0.4, 0.5) is 10.1 Å². The van der Waals surface area contributed by atoms with Crippen molar-refractivity contribution in [2.45, 2.75) is 19.0 Å².